The molecule has 0 aromatic heterocycles. The van der Waals surface area contributed by atoms with Crippen molar-refractivity contribution in [1.82, 2.24) is 10.6 Å². The number of amides is 2. The summed E-state index contributed by atoms with van der Waals surface area (Å²) in [7, 11) is 0. The fourth-order valence-corrected chi connectivity index (χ4v) is 5.52. The second kappa shape index (κ2) is 5.62. The second-order valence-electron chi connectivity index (χ2n) is 8.55. The van der Waals surface area contributed by atoms with Crippen molar-refractivity contribution in [3.8, 4) is 0 Å². The van der Waals surface area contributed by atoms with Crippen molar-refractivity contribution >= 4 is 6.03 Å². The molecular formula is C18H30N2O3. The minimum Gasteiger partial charge on any atom is -0.392 e. The Kier molecular flexibility index (Phi) is 3.84. The van der Waals surface area contributed by atoms with Gasteiger partial charge in [-0.25, -0.2) is 4.79 Å². The molecule has 1 aliphatic heterocycles. The van der Waals surface area contributed by atoms with Gasteiger partial charge in [0.1, 0.15) is 0 Å². The third kappa shape index (κ3) is 2.39. The van der Waals surface area contributed by atoms with Gasteiger partial charge in [-0.1, -0.05) is 26.2 Å². The van der Waals surface area contributed by atoms with Gasteiger partial charge in [0.2, 0.25) is 0 Å². The lowest BCUT2D eigenvalue weighted by atomic mass is 9.46. The van der Waals surface area contributed by atoms with Crippen LogP contribution in [0, 0.1) is 16.7 Å². The van der Waals surface area contributed by atoms with Gasteiger partial charge in [-0.05, 0) is 32.1 Å². The Morgan fingerprint density at radius 3 is 2.74 bits per heavy atom. The molecule has 5 unspecified atom stereocenters. The van der Waals surface area contributed by atoms with Gasteiger partial charge in [-0.15, -0.1) is 0 Å². The molecule has 3 N–H and O–H groups in total. The van der Waals surface area contributed by atoms with E-state index in [0.717, 1.165) is 38.7 Å². The van der Waals surface area contributed by atoms with Crippen molar-refractivity contribution in [3.05, 3.63) is 0 Å². The largest absolute Gasteiger partial charge is 0.392 e. The number of hydrogen-bond acceptors (Lipinski definition) is 3. The Morgan fingerprint density at radius 2 is 2.04 bits per heavy atom. The zero-order valence-corrected chi connectivity index (χ0v) is 14.1. The third-order valence-electron chi connectivity index (χ3n) is 7.26. The molecule has 5 nitrogen and oxygen atoms in total. The van der Waals surface area contributed by atoms with Crippen LogP contribution < -0.4 is 10.6 Å². The lowest BCUT2D eigenvalue weighted by Crippen LogP contribution is -2.72. The van der Waals surface area contributed by atoms with Crippen LogP contribution in [0.15, 0.2) is 0 Å². The summed E-state index contributed by atoms with van der Waals surface area (Å²) in [6.45, 7) is 3.50. The number of nitrogens with one attached hydrogen (secondary N) is 2. The topological polar surface area (TPSA) is 70.6 Å². The summed E-state index contributed by atoms with van der Waals surface area (Å²) in [4.78, 5) is 12.4. The lowest BCUT2D eigenvalue weighted by molar-refractivity contribution is -0.172. The number of carbonyl (C=O) groups is 1. The fraction of sp³-hybridized carbons (Fsp3) is 0.944. The van der Waals surface area contributed by atoms with Crippen molar-refractivity contribution in [1.29, 1.82) is 0 Å². The van der Waals surface area contributed by atoms with E-state index >= 15 is 0 Å². The molecule has 1 heterocycles. The predicted octanol–water partition coefficient (Wildman–Crippen LogP) is 2.18. The van der Waals surface area contributed by atoms with E-state index in [0.29, 0.717) is 18.6 Å². The van der Waals surface area contributed by atoms with Crippen LogP contribution in [-0.4, -0.2) is 42.5 Å². The first-order chi connectivity index (χ1) is 11.1. The first-order valence-electron chi connectivity index (χ1n) is 9.39. The van der Waals surface area contributed by atoms with Crippen molar-refractivity contribution in [2.45, 2.75) is 76.5 Å². The number of aliphatic hydroxyl groups excluding tert-OH is 1. The molecule has 0 bridgehead atoms. The average molecular weight is 322 g/mol. The van der Waals surface area contributed by atoms with Crippen LogP contribution in [-0.2, 0) is 4.74 Å². The number of urea groups is 1. The molecule has 0 aromatic rings. The van der Waals surface area contributed by atoms with E-state index < -0.39 is 0 Å². The maximum absolute atomic E-state index is 12.4. The highest BCUT2D eigenvalue weighted by Gasteiger charge is 2.67. The summed E-state index contributed by atoms with van der Waals surface area (Å²) in [5.41, 5.74) is 0.0507. The van der Waals surface area contributed by atoms with Gasteiger partial charge in [0, 0.05) is 35.9 Å². The number of ether oxygens (including phenoxy) is 1. The molecule has 3 aliphatic carbocycles. The molecular weight excluding hydrogens is 292 g/mol. The molecule has 0 radical (unpaired) electrons. The molecule has 4 aliphatic rings. The van der Waals surface area contributed by atoms with E-state index in [-0.39, 0.29) is 29.0 Å². The maximum Gasteiger partial charge on any atom is 0.315 e. The molecule has 2 amide bonds. The number of rotatable bonds is 3. The van der Waals surface area contributed by atoms with Gasteiger partial charge < -0.3 is 20.5 Å². The lowest BCUT2D eigenvalue weighted by Gasteiger charge is -2.63. The van der Waals surface area contributed by atoms with E-state index in [9.17, 15) is 9.90 Å². The van der Waals surface area contributed by atoms with Crippen molar-refractivity contribution in [2.24, 2.45) is 16.7 Å². The van der Waals surface area contributed by atoms with Gasteiger partial charge in [0.25, 0.3) is 0 Å². The van der Waals surface area contributed by atoms with Crippen LogP contribution in [0.4, 0.5) is 4.79 Å². The zero-order chi connectivity index (χ0) is 16.1. The highest BCUT2D eigenvalue weighted by molar-refractivity contribution is 5.74. The fourth-order valence-electron chi connectivity index (χ4n) is 5.52. The average Bonchev–Trinajstić information content (AvgIpc) is 2.90. The Balaban J connectivity index is 1.32. The van der Waals surface area contributed by atoms with E-state index in [1.54, 1.807) is 0 Å². The number of aliphatic hydroxyl groups is 1. The standard InChI is InChI=1S/C18H30N2O3/c1-17(7-3-2-5-13(17)21)11-19-16(22)20-14-12-6-10-23-15(12)18(14)8-4-9-18/h12-15,21H,2-11H2,1H3,(H2,19,20,22). The normalized spacial score (nSPS) is 44.1. The van der Waals surface area contributed by atoms with Crippen molar-refractivity contribution < 1.29 is 14.6 Å². The maximum atomic E-state index is 12.4. The van der Waals surface area contributed by atoms with Crippen LogP contribution in [0.5, 0.6) is 0 Å². The number of fused-ring (bicyclic) bond motifs is 2. The molecule has 130 valence electrons. The molecule has 3 saturated carbocycles. The van der Waals surface area contributed by atoms with E-state index in [1.165, 1.54) is 19.3 Å². The van der Waals surface area contributed by atoms with Gasteiger partial charge >= 0.3 is 6.03 Å². The third-order valence-corrected chi connectivity index (χ3v) is 7.26. The Labute approximate surface area is 138 Å². The van der Waals surface area contributed by atoms with Crippen LogP contribution >= 0.6 is 0 Å². The molecule has 5 heteroatoms. The summed E-state index contributed by atoms with van der Waals surface area (Å²) >= 11 is 0. The van der Waals surface area contributed by atoms with Crippen LogP contribution in [0.25, 0.3) is 0 Å². The molecule has 1 saturated heterocycles. The Bertz CT molecular complexity index is 479. The highest BCUT2D eigenvalue weighted by atomic mass is 16.5. The highest BCUT2D eigenvalue weighted by Crippen LogP contribution is 2.62. The Morgan fingerprint density at radius 1 is 1.22 bits per heavy atom. The van der Waals surface area contributed by atoms with Crippen molar-refractivity contribution in [2.75, 3.05) is 13.2 Å². The van der Waals surface area contributed by atoms with Gasteiger partial charge in [0.15, 0.2) is 0 Å². The quantitative estimate of drug-likeness (QED) is 0.746. The summed E-state index contributed by atoms with van der Waals surface area (Å²) in [6.07, 6.45) is 8.88. The molecule has 5 atom stereocenters. The summed E-state index contributed by atoms with van der Waals surface area (Å²) < 4.78 is 5.90. The van der Waals surface area contributed by atoms with Crippen LogP contribution in [0.1, 0.15) is 58.3 Å². The monoisotopic (exact) mass is 322 g/mol. The first-order valence-corrected chi connectivity index (χ1v) is 9.39. The molecule has 1 spiro atoms. The number of hydrogen-bond donors (Lipinski definition) is 3. The molecule has 0 aromatic carbocycles. The minimum atomic E-state index is -0.300. The molecule has 4 rings (SSSR count). The summed E-state index contributed by atoms with van der Waals surface area (Å²) in [5.74, 6) is 0.511. The zero-order valence-electron chi connectivity index (χ0n) is 14.1. The van der Waals surface area contributed by atoms with E-state index in [4.69, 9.17) is 4.74 Å². The minimum absolute atomic E-state index is 0.0642. The first kappa shape index (κ1) is 15.7. The molecule has 4 fully saturated rings. The van der Waals surface area contributed by atoms with Gasteiger partial charge in [-0.3, -0.25) is 0 Å². The van der Waals surface area contributed by atoms with Crippen molar-refractivity contribution in [3.63, 3.8) is 0 Å². The molecule has 23 heavy (non-hydrogen) atoms. The van der Waals surface area contributed by atoms with Gasteiger partial charge in [-0.2, -0.15) is 0 Å². The second-order valence-corrected chi connectivity index (χ2v) is 8.55. The SMILES string of the molecule is CC1(CNC(=O)NC2C3CCOC3C23CCC3)CCCCC1O. The van der Waals surface area contributed by atoms with Crippen LogP contribution in [0.2, 0.25) is 0 Å². The summed E-state index contributed by atoms with van der Waals surface area (Å²) in [6, 6.07) is 0.221. The number of carbonyl (C=O) groups excluding carboxylic acids is 1. The van der Waals surface area contributed by atoms with E-state index in [2.05, 4.69) is 17.6 Å². The summed E-state index contributed by atoms with van der Waals surface area (Å²) in [5, 5.41) is 16.5. The van der Waals surface area contributed by atoms with Crippen LogP contribution in [0.3, 0.4) is 0 Å². The predicted molar refractivity (Wildman–Crippen MR) is 87.0 cm³/mol. The Hall–Kier alpha value is -0.810. The smallest absolute Gasteiger partial charge is 0.315 e. The van der Waals surface area contributed by atoms with Gasteiger partial charge in [0.05, 0.1) is 12.2 Å². The van der Waals surface area contributed by atoms with E-state index in [1.807, 2.05) is 0 Å².